The average Bonchev–Trinajstić information content (AvgIpc) is 1.97. The van der Waals surface area contributed by atoms with E-state index in [2.05, 4.69) is 0 Å². The zero-order chi connectivity index (χ0) is 8.69. The highest BCUT2D eigenvalue weighted by Gasteiger charge is 2.01. The van der Waals surface area contributed by atoms with Gasteiger partial charge in [0, 0.05) is 12.7 Å². The van der Waals surface area contributed by atoms with E-state index in [4.69, 9.17) is 10.8 Å². The molecule has 0 bridgehead atoms. The fourth-order valence-corrected chi connectivity index (χ4v) is 0.673. The van der Waals surface area contributed by atoms with E-state index in [-0.39, 0.29) is 6.61 Å². The molecule has 0 fully saturated rings. The molecule has 4 heteroatoms. The van der Waals surface area contributed by atoms with E-state index in [0.717, 1.165) is 6.42 Å². The quantitative estimate of drug-likeness (QED) is 0.617. The lowest BCUT2D eigenvalue weighted by atomic mass is 10.4. The van der Waals surface area contributed by atoms with E-state index >= 15 is 0 Å². The predicted octanol–water partition coefficient (Wildman–Crippen LogP) is 0.283. The van der Waals surface area contributed by atoms with Crippen LogP contribution < -0.4 is 5.73 Å². The summed E-state index contributed by atoms with van der Waals surface area (Å²) in [6, 6.07) is -0.489. The van der Waals surface area contributed by atoms with Crippen molar-refractivity contribution in [2.45, 2.75) is 13.3 Å². The van der Waals surface area contributed by atoms with Crippen LogP contribution in [0.5, 0.6) is 0 Å². The Morgan fingerprint density at radius 1 is 1.73 bits per heavy atom. The third-order valence-corrected chi connectivity index (χ3v) is 1.14. The topological polar surface area (TPSA) is 66.6 Å². The Kier molecular flexibility index (Phi) is 5.20. The van der Waals surface area contributed by atoms with Crippen molar-refractivity contribution in [1.29, 1.82) is 0 Å². The van der Waals surface area contributed by atoms with Gasteiger partial charge in [0.15, 0.2) is 0 Å². The highest BCUT2D eigenvalue weighted by atomic mass is 16.2. The van der Waals surface area contributed by atoms with Crippen LogP contribution in [0, 0.1) is 0 Å². The number of hydrogen-bond acceptors (Lipinski definition) is 2. The number of nitrogens with two attached hydrogens (primary N) is 1. The van der Waals surface area contributed by atoms with Crippen LogP contribution >= 0.6 is 0 Å². The molecule has 0 atom stereocenters. The SMILES string of the molecule is CCCN(C=CCO)C(N)=O. The number of rotatable bonds is 4. The van der Waals surface area contributed by atoms with Crippen LogP contribution in [0.25, 0.3) is 0 Å². The van der Waals surface area contributed by atoms with Gasteiger partial charge in [0.2, 0.25) is 0 Å². The van der Waals surface area contributed by atoms with Crippen LogP contribution in [0.2, 0.25) is 0 Å². The lowest BCUT2D eigenvalue weighted by Crippen LogP contribution is -2.31. The number of amides is 2. The minimum Gasteiger partial charge on any atom is -0.392 e. The first-order chi connectivity index (χ1) is 5.22. The number of carbonyl (C=O) groups is 1. The molecular formula is C7H14N2O2. The molecule has 0 aromatic heterocycles. The van der Waals surface area contributed by atoms with Gasteiger partial charge in [-0.05, 0) is 12.5 Å². The molecular weight excluding hydrogens is 144 g/mol. The Hall–Kier alpha value is -1.03. The van der Waals surface area contributed by atoms with Gasteiger partial charge >= 0.3 is 6.03 Å². The molecule has 0 heterocycles. The van der Waals surface area contributed by atoms with Gasteiger partial charge in [-0.15, -0.1) is 0 Å². The second-order valence-corrected chi connectivity index (χ2v) is 2.10. The molecule has 0 aromatic rings. The molecule has 0 rings (SSSR count). The van der Waals surface area contributed by atoms with E-state index in [0.29, 0.717) is 6.54 Å². The molecule has 11 heavy (non-hydrogen) atoms. The Balaban J connectivity index is 3.88. The molecule has 0 aromatic carbocycles. The molecule has 0 spiro atoms. The Labute approximate surface area is 66.3 Å². The zero-order valence-corrected chi connectivity index (χ0v) is 6.66. The zero-order valence-electron chi connectivity index (χ0n) is 6.66. The summed E-state index contributed by atoms with van der Waals surface area (Å²) in [7, 11) is 0. The number of carbonyl (C=O) groups excluding carboxylic acids is 1. The lowest BCUT2D eigenvalue weighted by molar-refractivity contribution is 0.224. The van der Waals surface area contributed by atoms with Gasteiger partial charge in [0.1, 0.15) is 0 Å². The average molecular weight is 158 g/mol. The fourth-order valence-electron chi connectivity index (χ4n) is 0.673. The lowest BCUT2D eigenvalue weighted by Gasteiger charge is -2.13. The Morgan fingerprint density at radius 2 is 2.36 bits per heavy atom. The normalized spacial score (nSPS) is 10.4. The van der Waals surface area contributed by atoms with Crippen LogP contribution in [0.4, 0.5) is 4.79 Å². The van der Waals surface area contributed by atoms with Crippen LogP contribution in [-0.4, -0.2) is 29.2 Å². The van der Waals surface area contributed by atoms with E-state index in [1.165, 1.54) is 17.2 Å². The molecule has 0 aliphatic rings. The monoisotopic (exact) mass is 158 g/mol. The van der Waals surface area contributed by atoms with Gasteiger partial charge in [-0.25, -0.2) is 4.79 Å². The molecule has 0 aliphatic carbocycles. The van der Waals surface area contributed by atoms with Crippen molar-refractivity contribution >= 4 is 6.03 Å². The van der Waals surface area contributed by atoms with Crippen LogP contribution in [-0.2, 0) is 0 Å². The van der Waals surface area contributed by atoms with Crippen LogP contribution in [0.1, 0.15) is 13.3 Å². The summed E-state index contributed by atoms with van der Waals surface area (Å²) in [5.41, 5.74) is 5.02. The number of hydrogen-bond donors (Lipinski definition) is 2. The Bertz CT molecular complexity index is 145. The smallest absolute Gasteiger partial charge is 0.318 e. The molecule has 4 nitrogen and oxygen atoms in total. The molecule has 2 amide bonds. The highest BCUT2D eigenvalue weighted by Crippen LogP contribution is 1.91. The maximum atomic E-state index is 10.6. The summed E-state index contributed by atoms with van der Waals surface area (Å²) >= 11 is 0. The predicted molar refractivity (Wildman–Crippen MR) is 42.8 cm³/mol. The molecule has 0 aliphatic heterocycles. The summed E-state index contributed by atoms with van der Waals surface area (Å²) in [5.74, 6) is 0. The summed E-state index contributed by atoms with van der Waals surface area (Å²) in [4.78, 5) is 12.0. The van der Waals surface area contributed by atoms with Crippen molar-refractivity contribution in [3.8, 4) is 0 Å². The van der Waals surface area contributed by atoms with E-state index in [9.17, 15) is 4.79 Å². The third-order valence-electron chi connectivity index (χ3n) is 1.14. The van der Waals surface area contributed by atoms with Crippen molar-refractivity contribution in [2.75, 3.05) is 13.2 Å². The number of urea groups is 1. The van der Waals surface area contributed by atoms with Gasteiger partial charge in [-0.2, -0.15) is 0 Å². The maximum absolute atomic E-state index is 10.6. The van der Waals surface area contributed by atoms with Gasteiger partial charge in [-0.3, -0.25) is 0 Å². The Morgan fingerprint density at radius 3 is 2.73 bits per heavy atom. The molecule has 3 N–H and O–H groups in total. The van der Waals surface area contributed by atoms with Crippen molar-refractivity contribution in [2.24, 2.45) is 5.73 Å². The van der Waals surface area contributed by atoms with Gasteiger partial charge in [0.25, 0.3) is 0 Å². The number of primary amides is 1. The standard InChI is InChI=1S/C7H14N2O2/c1-2-4-9(7(8)11)5-3-6-10/h3,5,10H,2,4,6H2,1H3,(H2,8,11). The highest BCUT2D eigenvalue weighted by molar-refractivity contribution is 5.73. The van der Waals surface area contributed by atoms with Crippen molar-refractivity contribution in [3.05, 3.63) is 12.3 Å². The summed E-state index contributed by atoms with van der Waals surface area (Å²) in [6.45, 7) is 2.46. The van der Waals surface area contributed by atoms with E-state index in [1.54, 1.807) is 0 Å². The van der Waals surface area contributed by atoms with Crippen LogP contribution in [0.15, 0.2) is 12.3 Å². The number of aliphatic hydroxyl groups excluding tert-OH is 1. The second kappa shape index (κ2) is 5.73. The molecule has 64 valence electrons. The first kappa shape index (κ1) is 9.97. The summed E-state index contributed by atoms with van der Waals surface area (Å²) < 4.78 is 0. The second-order valence-electron chi connectivity index (χ2n) is 2.10. The molecule has 0 radical (unpaired) electrons. The van der Waals surface area contributed by atoms with Crippen molar-refractivity contribution < 1.29 is 9.90 Å². The molecule has 0 saturated heterocycles. The minimum absolute atomic E-state index is 0.0759. The first-order valence-electron chi connectivity index (χ1n) is 3.56. The van der Waals surface area contributed by atoms with E-state index in [1.807, 2.05) is 6.92 Å². The van der Waals surface area contributed by atoms with Crippen LogP contribution in [0.3, 0.4) is 0 Å². The van der Waals surface area contributed by atoms with Gasteiger partial charge < -0.3 is 15.7 Å². The fraction of sp³-hybridized carbons (Fsp3) is 0.571. The maximum Gasteiger partial charge on any atom is 0.318 e. The van der Waals surface area contributed by atoms with Gasteiger partial charge in [-0.1, -0.05) is 6.92 Å². The molecule has 0 unspecified atom stereocenters. The van der Waals surface area contributed by atoms with Crippen molar-refractivity contribution in [3.63, 3.8) is 0 Å². The largest absolute Gasteiger partial charge is 0.392 e. The minimum atomic E-state index is -0.489. The summed E-state index contributed by atoms with van der Waals surface area (Å²) in [5, 5.41) is 8.40. The number of nitrogens with zero attached hydrogens (tertiary/aromatic N) is 1. The number of aliphatic hydroxyl groups is 1. The van der Waals surface area contributed by atoms with Gasteiger partial charge in [0.05, 0.1) is 6.61 Å². The van der Waals surface area contributed by atoms with E-state index < -0.39 is 6.03 Å². The van der Waals surface area contributed by atoms with Crippen molar-refractivity contribution in [1.82, 2.24) is 4.90 Å². The third kappa shape index (κ3) is 4.38. The first-order valence-corrected chi connectivity index (χ1v) is 3.56. The molecule has 0 saturated carbocycles. The summed E-state index contributed by atoms with van der Waals surface area (Å²) in [6.07, 6.45) is 3.81.